The monoisotopic (exact) mass is 399 g/mol. The van der Waals surface area contributed by atoms with E-state index in [1.807, 2.05) is 19.1 Å². The first kappa shape index (κ1) is 20.9. The first-order valence-corrected chi connectivity index (χ1v) is 10.9. The van der Waals surface area contributed by atoms with Gasteiger partial charge < -0.3 is 5.11 Å². The molecule has 0 amide bonds. The summed E-state index contributed by atoms with van der Waals surface area (Å²) in [4.78, 5) is 10.7. The third-order valence-electron chi connectivity index (χ3n) is 4.72. The molecule has 1 unspecified atom stereocenters. The van der Waals surface area contributed by atoms with Gasteiger partial charge in [0.25, 0.3) is 0 Å². The van der Waals surface area contributed by atoms with Gasteiger partial charge in [0.2, 0.25) is 10.0 Å². The molecule has 1 atom stereocenters. The molecule has 0 spiro atoms. The first-order valence-electron chi connectivity index (χ1n) is 8.94. The number of hydrogen-bond acceptors (Lipinski definition) is 3. The molecule has 0 aromatic heterocycles. The molecule has 1 aliphatic rings. The molecular formula is C19H26ClNO4S. The van der Waals surface area contributed by atoms with Crippen LogP contribution in [0.4, 0.5) is 0 Å². The molecular weight excluding hydrogens is 374 g/mol. The fourth-order valence-electron chi connectivity index (χ4n) is 3.36. The molecule has 1 N–H and O–H groups in total. The van der Waals surface area contributed by atoms with Crippen LogP contribution in [0.2, 0.25) is 5.02 Å². The number of hydrogen-bond donors (Lipinski definition) is 1. The summed E-state index contributed by atoms with van der Waals surface area (Å²) in [6.07, 6.45) is 7.22. The molecule has 5 nitrogen and oxygen atoms in total. The third kappa shape index (κ3) is 5.83. The van der Waals surface area contributed by atoms with Crippen LogP contribution in [0.15, 0.2) is 24.3 Å². The number of aliphatic carboxylic acids is 1. The first-order chi connectivity index (χ1) is 12.3. The lowest BCUT2D eigenvalue weighted by Gasteiger charge is -2.34. The molecule has 1 saturated heterocycles. The highest BCUT2D eigenvalue weighted by atomic mass is 35.5. The minimum absolute atomic E-state index is 0.0763. The molecule has 0 bridgehead atoms. The van der Waals surface area contributed by atoms with E-state index in [1.165, 1.54) is 0 Å². The van der Waals surface area contributed by atoms with E-state index in [-0.39, 0.29) is 18.2 Å². The average Bonchev–Trinajstić information content (AvgIpc) is 2.57. The second-order valence-corrected chi connectivity index (χ2v) is 9.07. The Morgan fingerprint density at radius 3 is 2.85 bits per heavy atom. The van der Waals surface area contributed by atoms with Gasteiger partial charge in [-0.1, -0.05) is 42.3 Å². The number of rotatable bonds is 8. The van der Waals surface area contributed by atoms with Crippen molar-refractivity contribution >= 4 is 33.7 Å². The van der Waals surface area contributed by atoms with Crippen LogP contribution < -0.4 is 0 Å². The van der Waals surface area contributed by atoms with Crippen LogP contribution in [-0.4, -0.2) is 42.1 Å². The van der Waals surface area contributed by atoms with Crippen LogP contribution >= 0.6 is 11.6 Å². The Balaban J connectivity index is 2.04. The molecule has 7 heteroatoms. The summed E-state index contributed by atoms with van der Waals surface area (Å²) in [5, 5.41) is 9.39. The summed E-state index contributed by atoms with van der Waals surface area (Å²) in [7, 11) is -3.42. The third-order valence-corrected chi connectivity index (χ3v) is 6.86. The van der Waals surface area contributed by atoms with Gasteiger partial charge in [-0.25, -0.2) is 8.42 Å². The molecule has 144 valence electrons. The highest BCUT2D eigenvalue weighted by Crippen LogP contribution is 2.25. The van der Waals surface area contributed by atoms with E-state index < -0.39 is 16.0 Å². The SMILES string of the molecule is Cc1cccc(Cl)c1C=CCS(=O)(=O)N1CCCCC1CCCC(=O)O. The molecule has 0 aliphatic carbocycles. The van der Waals surface area contributed by atoms with Crippen molar-refractivity contribution in [3.05, 3.63) is 40.4 Å². The van der Waals surface area contributed by atoms with Crippen molar-refractivity contribution in [3.8, 4) is 0 Å². The van der Waals surface area contributed by atoms with Crippen molar-refractivity contribution < 1.29 is 18.3 Å². The van der Waals surface area contributed by atoms with E-state index in [9.17, 15) is 13.2 Å². The van der Waals surface area contributed by atoms with Gasteiger partial charge in [-0.2, -0.15) is 4.31 Å². The Hall–Kier alpha value is -1.37. The molecule has 0 saturated carbocycles. The van der Waals surface area contributed by atoms with Gasteiger partial charge in [0.15, 0.2) is 0 Å². The minimum Gasteiger partial charge on any atom is -0.481 e. The number of carboxylic acids is 1. The van der Waals surface area contributed by atoms with Gasteiger partial charge in [-0.05, 0) is 49.8 Å². The van der Waals surface area contributed by atoms with Crippen LogP contribution in [-0.2, 0) is 14.8 Å². The largest absolute Gasteiger partial charge is 0.481 e. The summed E-state index contributed by atoms with van der Waals surface area (Å²) in [5.41, 5.74) is 1.83. The van der Waals surface area contributed by atoms with Crippen molar-refractivity contribution in [2.75, 3.05) is 12.3 Å². The van der Waals surface area contributed by atoms with Crippen molar-refractivity contribution in [2.45, 2.75) is 51.5 Å². The molecule has 1 aromatic carbocycles. The molecule has 1 aliphatic heterocycles. The number of carboxylic acid groups (broad SMARTS) is 1. The van der Waals surface area contributed by atoms with Crippen LogP contribution in [0.3, 0.4) is 0 Å². The van der Waals surface area contributed by atoms with Gasteiger partial charge in [0.05, 0.1) is 5.75 Å². The van der Waals surface area contributed by atoms with Crippen molar-refractivity contribution in [1.29, 1.82) is 0 Å². The molecule has 1 aromatic rings. The average molecular weight is 400 g/mol. The summed E-state index contributed by atoms with van der Waals surface area (Å²) in [6, 6.07) is 5.49. The number of benzene rings is 1. The number of aryl methyl sites for hydroxylation is 1. The van der Waals surface area contributed by atoms with E-state index in [0.717, 1.165) is 30.4 Å². The zero-order valence-corrected chi connectivity index (χ0v) is 16.6. The number of halogens is 1. The lowest BCUT2D eigenvalue weighted by molar-refractivity contribution is -0.137. The molecule has 2 rings (SSSR count). The molecule has 0 radical (unpaired) electrons. The highest BCUT2D eigenvalue weighted by molar-refractivity contribution is 7.89. The molecule has 1 heterocycles. The van der Waals surface area contributed by atoms with Gasteiger partial charge in [0.1, 0.15) is 0 Å². The molecule has 26 heavy (non-hydrogen) atoms. The Bertz CT molecular complexity index is 741. The van der Waals surface area contributed by atoms with Gasteiger partial charge >= 0.3 is 5.97 Å². The fraction of sp³-hybridized carbons (Fsp3) is 0.526. The summed E-state index contributed by atoms with van der Waals surface area (Å²) in [5.74, 6) is -0.916. The topological polar surface area (TPSA) is 74.7 Å². The number of nitrogens with zero attached hydrogens (tertiary/aromatic N) is 1. The van der Waals surface area contributed by atoms with Crippen LogP contribution in [0.1, 0.15) is 49.7 Å². The Morgan fingerprint density at radius 2 is 2.15 bits per heavy atom. The standard InChI is InChI=1S/C19H26ClNO4S/c1-15-7-4-11-18(20)17(15)10-6-14-26(24,25)21-13-3-2-8-16(21)9-5-12-19(22)23/h4,6-7,10-11,16H,2-3,5,8-9,12-14H2,1H3,(H,22,23). The van der Waals surface area contributed by atoms with Crippen molar-refractivity contribution in [3.63, 3.8) is 0 Å². The maximum absolute atomic E-state index is 12.8. The Morgan fingerprint density at radius 1 is 1.38 bits per heavy atom. The maximum Gasteiger partial charge on any atom is 0.303 e. The second kappa shape index (κ2) is 9.53. The number of piperidine rings is 1. The van der Waals surface area contributed by atoms with E-state index in [4.69, 9.17) is 16.7 Å². The lowest BCUT2D eigenvalue weighted by atomic mass is 10.00. The zero-order valence-electron chi connectivity index (χ0n) is 15.0. The summed E-state index contributed by atoms with van der Waals surface area (Å²) in [6.45, 7) is 2.45. The zero-order chi connectivity index (χ0) is 19.2. The van der Waals surface area contributed by atoms with Gasteiger partial charge in [-0.3, -0.25) is 4.79 Å². The van der Waals surface area contributed by atoms with Crippen LogP contribution in [0, 0.1) is 6.92 Å². The predicted molar refractivity (Wildman–Crippen MR) is 105 cm³/mol. The predicted octanol–water partition coefficient (Wildman–Crippen LogP) is 4.10. The Labute approximate surface area is 160 Å². The van der Waals surface area contributed by atoms with Crippen LogP contribution in [0.25, 0.3) is 6.08 Å². The fourth-order valence-corrected chi connectivity index (χ4v) is 5.24. The summed E-state index contributed by atoms with van der Waals surface area (Å²) >= 11 is 6.18. The van der Waals surface area contributed by atoms with E-state index >= 15 is 0 Å². The number of carbonyl (C=O) groups is 1. The van der Waals surface area contributed by atoms with Gasteiger partial charge in [0, 0.05) is 24.0 Å². The smallest absolute Gasteiger partial charge is 0.303 e. The second-order valence-electron chi connectivity index (χ2n) is 6.70. The van der Waals surface area contributed by atoms with Crippen LogP contribution in [0.5, 0.6) is 0 Å². The highest BCUT2D eigenvalue weighted by Gasteiger charge is 2.31. The lowest BCUT2D eigenvalue weighted by Crippen LogP contribution is -2.44. The summed E-state index contributed by atoms with van der Waals surface area (Å²) < 4.78 is 27.1. The van der Waals surface area contributed by atoms with Crippen molar-refractivity contribution in [2.24, 2.45) is 0 Å². The normalized spacial score (nSPS) is 19.1. The number of sulfonamides is 1. The maximum atomic E-state index is 12.8. The van der Waals surface area contributed by atoms with E-state index in [1.54, 1.807) is 22.5 Å². The molecule has 1 fully saturated rings. The minimum atomic E-state index is -3.42. The Kier molecular flexibility index (Phi) is 7.68. The quantitative estimate of drug-likeness (QED) is 0.714. The van der Waals surface area contributed by atoms with Crippen molar-refractivity contribution in [1.82, 2.24) is 4.31 Å². The van der Waals surface area contributed by atoms with E-state index in [2.05, 4.69) is 0 Å². The van der Waals surface area contributed by atoms with Gasteiger partial charge in [-0.15, -0.1) is 0 Å². The van der Waals surface area contributed by atoms with E-state index in [0.29, 0.717) is 24.4 Å².